The third-order valence-electron chi connectivity index (χ3n) is 5.25. The first-order valence-corrected chi connectivity index (χ1v) is 9.36. The molecule has 8 heteroatoms. The van der Waals surface area contributed by atoms with E-state index in [1.165, 1.54) is 18.0 Å². The van der Waals surface area contributed by atoms with Crippen LogP contribution < -0.4 is 0 Å². The highest BCUT2D eigenvalue weighted by molar-refractivity contribution is 5.65. The number of nitrogens with zero attached hydrogens (tertiary/aromatic N) is 5. The summed E-state index contributed by atoms with van der Waals surface area (Å²) in [5.74, 6) is -1.72. The second kappa shape index (κ2) is 7.21. The van der Waals surface area contributed by atoms with E-state index >= 15 is 0 Å². The van der Waals surface area contributed by atoms with E-state index in [0.717, 1.165) is 42.5 Å². The van der Waals surface area contributed by atoms with Gasteiger partial charge in [-0.3, -0.25) is 10.00 Å². The molecule has 2 aromatic heterocycles. The zero-order valence-electron chi connectivity index (χ0n) is 15.5. The van der Waals surface area contributed by atoms with Crippen LogP contribution in [-0.4, -0.2) is 36.4 Å². The van der Waals surface area contributed by atoms with Gasteiger partial charge in [0.1, 0.15) is 12.7 Å². The van der Waals surface area contributed by atoms with Crippen molar-refractivity contribution in [2.75, 3.05) is 6.54 Å². The number of hydrogen-bond acceptors (Lipinski definition) is 4. The summed E-state index contributed by atoms with van der Waals surface area (Å²) in [6.07, 6.45) is 3.95. The number of aromatic nitrogens is 5. The van der Waals surface area contributed by atoms with Crippen LogP contribution in [0.25, 0.3) is 16.9 Å². The molecule has 3 heterocycles. The first-order valence-electron chi connectivity index (χ1n) is 9.36. The van der Waals surface area contributed by atoms with Gasteiger partial charge in [0.2, 0.25) is 0 Å². The molecule has 1 aliphatic rings. The van der Waals surface area contributed by atoms with E-state index < -0.39 is 11.6 Å². The number of hydrogen-bond donors (Lipinski definition) is 1. The molecular formula is C21H18F2N6. The minimum atomic E-state index is -0.862. The van der Waals surface area contributed by atoms with Crippen molar-refractivity contribution < 1.29 is 8.78 Å². The lowest BCUT2D eigenvalue weighted by Gasteiger charge is -2.27. The molecule has 1 N–H and O–H groups in total. The number of benzene rings is 2. The summed E-state index contributed by atoms with van der Waals surface area (Å²) in [4.78, 5) is 6.24. The van der Waals surface area contributed by atoms with Crippen molar-refractivity contribution in [3.63, 3.8) is 0 Å². The molecule has 146 valence electrons. The van der Waals surface area contributed by atoms with Gasteiger partial charge in [-0.1, -0.05) is 18.2 Å². The summed E-state index contributed by atoms with van der Waals surface area (Å²) < 4.78 is 29.7. The molecule has 0 amide bonds. The lowest BCUT2D eigenvalue weighted by atomic mass is 10.00. The van der Waals surface area contributed by atoms with Gasteiger partial charge in [-0.2, -0.15) is 10.2 Å². The molecule has 0 unspecified atom stereocenters. The van der Waals surface area contributed by atoms with Crippen LogP contribution >= 0.6 is 0 Å². The number of fused-ring (bicyclic) bond motifs is 1. The third kappa shape index (κ3) is 3.31. The average molecular weight is 392 g/mol. The maximum absolute atomic E-state index is 14.3. The van der Waals surface area contributed by atoms with Crippen molar-refractivity contribution in [2.24, 2.45) is 0 Å². The largest absolute Gasteiger partial charge is 0.294 e. The Balaban J connectivity index is 1.36. The van der Waals surface area contributed by atoms with Gasteiger partial charge in [-0.05, 0) is 29.8 Å². The second-order valence-electron chi connectivity index (χ2n) is 7.10. The molecule has 0 saturated carbocycles. The van der Waals surface area contributed by atoms with Crippen molar-refractivity contribution in [3.8, 4) is 16.9 Å². The summed E-state index contributed by atoms with van der Waals surface area (Å²) in [6.45, 7) is 2.25. The number of aromatic amines is 1. The average Bonchev–Trinajstić information content (AvgIpc) is 3.41. The van der Waals surface area contributed by atoms with Crippen molar-refractivity contribution in [1.82, 2.24) is 29.9 Å². The van der Waals surface area contributed by atoms with E-state index in [4.69, 9.17) is 0 Å². The molecule has 0 spiro atoms. The van der Waals surface area contributed by atoms with Crippen LogP contribution in [0.1, 0.15) is 16.8 Å². The van der Waals surface area contributed by atoms with Gasteiger partial charge in [0, 0.05) is 42.9 Å². The SMILES string of the molecule is Fc1cccc(-c2n[nH]c3c2CN(Cc2ccc(-n4cncn4)cc2)CC3)c1F. The molecule has 0 radical (unpaired) electrons. The van der Waals surface area contributed by atoms with Crippen molar-refractivity contribution in [3.05, 3.63) is 83.6 Å². The molecule has 0 atom stereocenters. The van der Waals surface area contributed by atoms with Crippen LogP contribution in [0, 0.1) is 11.6 Å². The molecule has 0 fully saturated rings. The van der Waals surface area contributed by atoms with Gasteiger partial charge >= 0.3 is 0 Å². The van der Waals surface area contributed by atoms with E-state index in [1.54, 1.807) is 17.1 Å². The Bertz CT molecular complexity index is 1130. The number of rotatable bonds is 4. The fourth-order valence-corrected chi connectivity index (χ4v) is 3.75. The molecule has 29 heavy (non-hydrogen) atoms. The molecule has 5 rings (SSSR count). The lowest BCUT2D eigenvalue weighted by Crippen LogP contribution is -2.30. The van der Waals surface area contributed by atoms with Crippen LogP contribution in [0.15, 0.2) is 55.1 Å². The highest BCUT2D eigenvalue weighted by atomic mass is 19.2. The predicted octanol–water partition coefficient (Wildman–Crippen LogP) is 3.49. The number of H-pyrrole nitrogens is 1. The summed E-state index contributed by atoms with van der Waals surface area (Å²) in [6, 6.07) is 12.3. The summed E-state index contributed by atoms with van der Waals surface area (Å²) in [7, 11) is 0. The van der Waals surface area contributed by atoms with E-state index in [2.05, 4.69) is 37.3 Å². The van der Waals surface area contributed by atoms with E-state index in [1.807, 2.05) is 12.1 Å². The standard InChI is InChI=1S/C21H18F2N6/c22-18-3-1-2-16(20(18)23)21-17-11-28(9-8-19(17)26-27-21)10-14-4-6-15(7-5-14)29-13-24-12-25-29/h1-7,12-13H,8-11H2,(H,26,27). The monoisotopic (exact) mass is 392 g/mol. The van der Waals surface area contributed by atoms with E-state index in [0.29, 0.717) is 12.2 Å². The van der Waals surface area contributed by atoms with E-state index in [9.17, 15) is 8.78 Å². The second-order valence-corrected chi connectivity index (χ2v) is 7.10. The Kier molecular flexibility index (Phi) is 4.40. The van der Waals surface area contributed by atoms with Gasteiger partial charge in [-0.25, -0.2) is 18.4 Å². The lowest BCUT2D eigenvalue weighted by molar-refractivity contribution is 0.245. The van der Waals surface area contributed by atoms with E-state index in [-0.39, 0.29) is 5.56 Å². The maximum Gasteiger partial charge on any atom is 0.168 e. The zero-order chi connectivity index (χ0) is 19.8. The molecule has 1 aliphatic heterocycles. The molecule has 0 bridgehead atoms. The zero-order valence-corrected chi connectivity index (χ0v) is 15.5. The molecule has 2 aromatic carbocycles. The summed E-state index contributed by atoms with van der Waals surface area (Å²) in [5.41, 5.74) is 4.72. The minimum Gasteiger partial charge on any atom is -0.294 e. The smallest absolute Gasteiger partial charge is 0.168 e. The fraction of sp³-hybridized carbons (Fsp3) is 0.190. The topological polar surface area (TPSA) is 62.6 Å². The van der Waals surface area contributed by atoms with Gasteiger partial charge in [0.15, 0.2) is 11.6 Å². The van der Waals surface area contributed by atoms with Crippen LogP contribution in [-0.2, 0) is 19.5 Å². The quantitative estimate of drug-likeness (QED) is 0.578. The van der Waals surface area contributed by atoms with Gasteiger partial charge in [0.05, 0.1) is 11.4 Å². The van der Waals surface area contributed by atoms with Crippen LogP contribution in [0.5, 0.6) is 0 Å². The highest BCUT2D eigenvalue weighted by Gasteiger charge is 2.25. The number of halogens is 2. The molecule has 0 saturated heterocycles. The Morgan fingerprint density at radius 2 is 1.93 bits per heavy atom. The van der Waals surface area contributed by atoms with Crippen molar-refractivity contribution in [2.45, 2.75) is 19.5 Å². The summed E-state index contributed by atoms with van der Waals surface area (Å²) in [5, 5.41) is 11.4. The van der Waals surface area contributed by atoms with Crippen molar-refractivity contribution in [1.29, 1.82) is 0 Å². The van der Waals surface area contributed by atoms with Crippen LogP contribution in [0.4, 0.5) is 8.78 Å². The van der Waals surface area contributed by atoms with Crippen LogP contribution in [0.3, 0.4) is 0 Å². The van der Waals surface area contributed by atoms with Crippen molar-refractivity contribution >= 4 is 0 Å². The van der Waals surface area contributed by atoms with Gasteiger partial charge in [-0.15, -0.1) is 0 Å². The summed E-state index contributed by atoms with van der Waals surface area (Å²) >= 11 is 0. The first kappa shape index (κ1) is 17.7. The Labute approximate surface area is 165 Å². The maximum atomic E-state index is 14.3. The highest BCUT2D eigenvalue weighted by Crippen LogP contribution is 2.31. The van der Waals surface area contributed by atoms with Crippen LogP contribution in [0.2, 0.25) is 0 Å². The fourth-order valence-electron chi connectivity index (χ4n) is 3.75. The Morgan fingerprint density at radius 3 is 2.72 bits per heavy atom. The molecule has 4 aromatic rings. The Hall–Kier alpha value is -3.39. The predicted molar refractivity (Wildman–Crippen MR) is 103 cm³/mol. The number of nitrogens with one attached hydrogen (secondary N) is 1. The normalized spacial score (nSPS) is 14.1. The minimum absolute atomic E-state index is 0.196. The molecular weight excluding hydrogens is 374 g/mol. The molecule has 0 aliphatic carbocycles. The van der Waals surface area contributed by atoms with Gasteiger partial charge < -0.3 is 0 Å². The molecule has 6 nitrogen and oxygen atoms in total. The Morgan fingerprint density at radius 1 is 1.07 bits per heavy atom. The van der Waals surface area contributed by atoms with Gasteiger partial charge in [0.25, 0.3) is 0 Å². The first-order chi connectivity index (χ1) is 14.2. The third-order valence-corrected chi connectivity index (χ3v) is 5.25.